The fourth-order valence-electron chi connectivity index (χ4n) is 6.71. The minimum atomic E-state index is -0.836. The van der Waals surface area contributed by atoms with Gasteiger partial charge < -0.3 is 20.9 Å². The maximum atomic E-state index is 12.6. The van der Waals surface area contributed by atoms with E-state index in [-0.39, 0.29) is 23.7 Å². The second-order valence-electron chi connectivity index (χ2n) is 11.5. The molecule has 43 heavy (non-hydrogen) atoms. The first-order valence-electron chi connectivity index (χ1n) is 14.8. The zero-order chi connectivity index (χ0) is 30.7. The number of carbonyl (C=O) groups excluding carboxylic acids is 1. The Morgan fingerprint density at radius 2 is 1.81 bits per heavy atom. The number of benzene rings is 2. The van der Waals surface area contributed by atoms with Crippen LogP contribution in [0.3, 0.4) is 0 Å². The molecule has 0 saturated carbocycles. The number of hydrogen-bond donors (Lipinski definition) is 5. The fourth-order valence-corrected chi connectivity index (χ4v) is 6.71. The number of rotatable bonds is 10. The van der Waals surface area contributed by atoms with E-state index in [2.05, 4.69) is 80.4 Å². The van der Waals surface area contributed by atoms with Crippen LogP contribution >= 0.6 is 0 Å². The van der Waals surface area contributed by atoms with E-state index in [1.54, 1.807) is 7.05 Å². The quantitative estimate of drug-likeness (QED) is 0.248. The fraction of sp³-hybridized carbons (Fsp3) is 0.394. The lowest BCUT2D eigenvalue weighted by molar-refractivity contribution is 0.0963. The molecule has 1 aromatic heterocycles. The predicted octanol–water partition coefficient (Wildman–Crippen LogP) is 2.95. The number of likely N-dealkylation sites (tertiary alicyclic amines) is 1. The van der Waals surface area contributed by atoms with E-state index in [0.29, 0.717) is 30.8 Å². The van der Waals surface area contributed by atoms with Gasteiger partial charge in [0.1, 0.15) is 11.9 Å². The summed E-state index contributed by atoms with van der Waals surface area (Å²) < 4.78 is 0. The van der Waals surface area contributed by atoms with Crippen LogP contribution < -0.4 is 21.6 Å². The van der Waals surface area contributed by atoms with E-state index < -0.39 is 5.41 Å². The number of nitriles is 1. The molecule has 1 aliphatic carbocycles. The summed E-state index contributed by atoms with van der Waals surface area (Å²) in [4.78, 5) is 30.3. The Kier molecular flexibility index (Phi) is 8.55. The Hall–Kier alpha value is -4.62. The third-order valence-corrected chi connectivity index (χ3v) is 8.91. The Morgan fingerprint density at radius 1 is 1.14 bits per heavy atom. The summed E-state index contributed by atoms with van der Waals surface area (Å²) in [6, 6.07) is 14.4. The van der Waals surface area contributed by atoms with Gasteiger partial charge in [-0.25, -0.2) is 9.89 Å². The molecule has 1 saturated heterocycles. The van der Waals surface area contributed by atoms with Crippen LogP contribution in [-0.4, -0.2) is 65.3 Å². The lowest BCUT2D eigenvalue weighted by Crippen LogP contribution is -2.42. The minimum Gasteiger partial charge on any atom is -0.388 e. The molecule has 5 rings (SSSR count). The molecule has 2 heterocycles. The highest BCUT2D eigenvalue weighted by Crippen LogP contribution is 2.47. The number of hydrogen-bond acceptors (Lipinski definition) is 7. The summed E-state index contributed by atoms with van der Waals surface area (Å²) in [5.74, 6) is 0.369. The standard InChI is InChI=1S/C33H40N8O2/c1-20(37-19-21(2)41-14-6-7-27(41)18-34)17-33(31-38-32(43)40-39-31)28-12-10-23(22(3)35-4)15-24(28)8-9-25-16-26(30(42)36-5)11-13-29(25)33/h10-13,15-16,20,27,35,37H,2-3,6-9,14,17,19H2,1,4-5H3,(H,36,42)(H2,38,39,40,43)/t20-,27?,33?/m0/s1. The van der Waals surface area contributed by atoms with E-state index in [0.717, 1.165) is 65.0 Å². The van der Waals surface area contributed by atoms with Crippen LogP contribution in [0.1, 0.15) is 70.2 Å². The Morgan fingerprint density at radius 3 is 2.42 bits per heavy atom. The summed E-state index contributed by atoms with van der Waals surface area (Å²) in [7, 11) is 3.48. The lowest BCUT2D eigenvalue weighted by atomic mass is 9.67. The first-order valence-corrected chi connectivity index (χ1v) is 14.8. The minimum absolute atomic E-state index is 0.0514. The third-order valence-electron chi connectivity index (χ3n) is 8.91. The molecule has 1 aliphatic heterocycles. The molecule has 2 aromatic carbocycles. The van der Waals surface area contributed by atoms with Crippen LogP contribution in [0.2, 0.25) is 0 Å². The average Bonchev–Trinajstić information content (AvgIpc) is 3.67. The van der Waals surface area contributed by atoms with Crippen molar-refractivity contribution in [3.05, 3.63) is 105 Å². The number of nitrogens with zero attached hydrogens (tertiary/aromatic N) is 3. The van der Waals surface area contributed by atoms with Crippen molar-refractivity contribution in [3.8, 4) is 6.07 Å². The van der Waals surface area contributed by atoms with Crippen LogP contribution in [-0.2, 0) is 18.3 Å². The first kappa shape index (κ1) is 29.9. The van der Waals surface area contributed by atoms with E-state index >= 15 is 0 Å². The molecule has 5 N–H and O–H groups in total. The molecular formula is C33H40N8O2. The van der Waals surface area contributed by atoms with E-state index in [4.69, 9.17) is 0 Å². The first-order chi connectivity index (χ1) is 20.7. The number of aromatic amines is 2. The summed E-state index contributed by atoms with van der Waals surface area (Å²) in [6.07, 6.45) is 3.85. The molecule has 2 aliphatic rings. The highest BCUT2D eigenvalue weighted by Gasteiger charge is 2.45. The smallest absolute Gasteiger partial charge is 0.340 e. The second-order valence-corrected chi connectivity index (χ2v) is 11.5. The van der Waals surface area contributed by atoms with Crippen molar-refractivity contribution in [3.63, 3.8) is 0 Å². The maximum absolute atomic E-state index is 12.6. The van der Waals surface area contributed by atoms with Gasteiger partial charge in [0, 0.05) is 50.2 Å². The largest absolute Gasteiger partial charge is 0.388 e. The molecule has 3 aromatic rings. The normalized spacial score (nSPS) is 19.9. The van der Waals surface area contributed by atoms with Gasteiger partial charge in [0.25, 0.3) is 5.91 Å². The van der Waals surface area contributed by atoms with Gasteiger partial charge in [-0.05, 0) is 85.0 Å². The van der Waals surface area contributed by atoms with Gasteiger partial charge in [-0.15, -0.1) is 0 Å². The van der Waals surface area contributed by atoms with Crippen molar-refractivity contribution < 1.29 is 4.79 Å². The number of amides is 1. The van der Waals surface area contributed by atoms with Crippen LogP contribution in [0, 0.1) is 11.3 Å². The van der Waals surface area contributed by atoms with E-state index in [1.165, 1.54) is 0 Å². The SMILES string of the molecule is C=C(NC)c1ccc2c(c1)CCc1cc(C(=O)NC)ccc1C2(C[C@H](C)NCC(=C)N1CCCC1C#N)c1n[nH]c(=O)[nH]1. The van der Waals surface area contributed by atoms with Gasteiger partial charge in [0.2, 0.25) is 0 Å². The van der Waals surface area contributed by atoms with Gasteiger partial charge in [0.15, 0.2) is 0 Å². The Labute approximate surface area is 252 Å². The molecule has 224 valence electrons. The zero-order valence-corrected chi connectivity index (χ0v) is 25.1. The molecular weight excluding hydrogens is 540 g/mol. The summed E-state index contributed by atoms with van der Waals surface area (Å²) in [5.41, 5.74) is 6.27. The van der Waals surface area contributed by atoms with E-state index in [1.807, 2.05) is 25.2 Å². The van der Waals surface area contributed by atoms with Crippen molar-refractivity contribution in [2.45, 2.75) is 56.5 Å². The number of nitrogens with one attached hydrogen (secondary N) is 5. The van der Waals surface area contributed by atoms with Crippen LogP contribution in [0.15, 0.2) is 60.0 Å². The zero-order valence-electron chi connectivity index (χ0n) is 25.1. The van der Waals surface area contributed by atoms with Crippen molar-refractivity contribution >= 4 is 11.6 Å². The van der Waals surface area contributed by atoms with E-state index in [9.17, 15) is 14.9 Å². The molecule has 0 bridgehead atoms. The molecule has 3 atom stereocenters. The number of aromatic nitrogens is 3. The number of fused-ring (bicyclic) bond motifs is 2. The Balaban J connectivity index is 1.62. The van der Waals surface area contributed by atoms with Gasteiger partial charge >= 0.3 is 5.69 Å². The molecule has 1 amide bonds. The van der Waals surface area contributed by atoms with Crippen molar-refractivity contribution in [1.29, 1.82) is 5.26 Å². The maximum Gasteiger partial charge on any atom is 0.340 e. The average molecular weight is 581 g/mol. The molecule has 0 radical (unpaired) electrons. The van der Waals surface area contributed by atoms with Crippen molar-refractivity contribution in [2.75, 3.05) is 27.2 Å². The predicted molar refractivity (Wildman–Crippen MR) is 167 cm³/mol. The van der Waals surface area contributed by atoms with Gasteiger partial charge in [-0.2, -0.15) is 10.4 Å². The molecule has 2 unspecified atom stereocenters. The molecule has 10 heteroatoms. The topological polar surface area (TPSA) is 142 Å². The number of carbonyl (C=O) groups is 1. The highest BCUT2D eigenvalue weighted by molar-refractivity contribution is 5.94. The van der Waals surface area contributed by atoms with Gasteiger partial charge in [-0.1, -0.05) is 31.4 Å². The van der Waals surface area contributed by atoms with Crippen molar-refractivity contribution in [2.24, 2.45) is 0 Å². The summed E-state index contributed by atoms with van der Waals surface area (Å²) in [6.45, 7) is 11.9. The monoisotopic (exact) mass is 580 g/mol. The second kappa shape index (κ2) is 12.3. The van der Waals surface area contributed by atoms with Crippen LogP contribution in [0.4, 0.5) is 0 Å². The van der Waals surface area contributed by atoms with Crippen LogP contribution in [0.5, 0.6) is 0 Å². The summed E-state index contributed by atoms with van der Waals surface area (Å²) >= 11 is 0. The third kappa shape index (κ3) is 5.60. The molecule has 0 spiro atoms. The summed E-state index contributed by atoms with van der Waals surface area (Å²) in [5, 5.41) is 26.2. The van der Waals surface area contributed by atoms with Crippen LogP contribution in [0.25, 0.3) is 5.70 Å². The lowest BCUT2D eigenvalue weighted by Gasteiger charge is -2.37. The molecule has 1 fully saturated rings. The number of H-pyrrole nitrogens is 2. The van der Waals surface area contributed by atoms with Gasteiger partial charge in [0.05, 0.1) is 11.5 Å². The molecule has 10 nitrogen and oxygen atoms in total. The van der Waals surface area contributed by atoms with Crippen molar-refractivity contribution in [1.82, 2.24) is 36.0 Å². The Bertz CT molecular complexity index is 1580. The highest BCUT2D eigenvalue weighted by atomic mass is 16.2. The van der Waals surface area contributed by atoms with Gasteiger partial charge in [-0.3, -0.25) is 9.78 Å². The number of aryl methyl sites for hydroxylation is 2.